The van der Waals surface area contributed by atoms with Gasteiger partial charge < -0.3 is 9.64 Å². The van der Waals surface area contributed by atoms with Crippen molar-refractivity contribution in [3.05, 3.63) is 33.3 Å². The standard InChI is InChI=1S/C13H17BrClNO2/c1-9(2)16(7-8-18-3)13(17)10-5-4-6-11(14)12(10)15/h4-6,9H,7-8H2,1-3H3. The van der Waals surface area contributed by atoms with Gasteiger partial charge in [0, 0.05) is 24.2 Å². The summed E-state index contributed by atoms with van der Waals surface area (Å²) in [6.07, 6.45) is 0. The Kier molecular flexibility index (Phi) is 6.12. The van der Waals surface area contributed by atoms with Gasteiger partial charge in [-0.2, -0.15) is 0 Å². The molecule has 0 heterocycles. The van der Waals surface area contributed by atoms with Crippen LogP contribution >= 0.6 is 27.5 Å². The van der Waals surface area contributed by atoms with Gasteiger partial charge in [0.1, 0.15) is 0 Å². The summed E-state index contributed by atoms with van der Waals surface area (Å²) < 4.78 is 5.75. The van der Waals surface area contributed by atoms with Crippen molar-refractivity contribution in [2.45, 2.75) is 19.9 Å². The van der Waals surface area contributed by atoms with E-state index >= 15 is 0 Å². The monoisotopic (exact) mass is 333 g/mol. The molecular formula is C13H17BrClNO2. The molecule has 0 aliphatic rings. The van der Waals surface area contributed by atoms with Crippen LogP contribution in [0.2, 0.25) is 5.02 Å². The molecule has 0 bridgehead atoms. The molecule has 1 aromatic rings. The number of carbonyl (C=O) groups excluding carboxylic acids is 1. The normalized spacial score (nSPS) is 10.8. The van der Waals surface area contributed by atoms with E-state index in [0.717, 1.165) is 4.47 Å². The fourth-order valence-electron chi connectivity index (χ4n) is 1.61. The fourth-order valence-corrected chi connectivity index (χ4v) is 2.18. The largest absolute Gasteiger partial charge is 0.383 e. The van der Waals surface area contributed by atoms with E-state index in [1.165, 1.54) is 0 Å². The summed E-state index contributed by atoms with van der Waals surface area (Å²) in [7, 11) is 1.62. The first-order valence-corrected chi connectivity index (χ1v) is 6.90. The summed E-state index contributed by atoms with van der Waals surface area (Å²) in [5.41, 5.74) is 0.510. The van der Waals surface area contributed by atoms with Gasteiger partial charge in [-0.05, 0) is 41.9 Å². The zero-order chi connectivity index (χ0) is 13.7. The first-order valence-electron chi connectivity index (χ1n) is 5.73. The molecule has 1 amide bonds. The molecule has 0 aliphatic heterocycles. The molecule has 0 unspecified atom stereocenters. The van der Waals surface area contributed by atoms with Crippen LogP contribution in [-0.4, -0.2) is 37.1 Å². The highest BCUT2D eigenvalue weighted by Crippen LogP contribution is 2.27. The number of carbonyl (C=O) groups is 1. The smallest absolute Gasteiger partial charge is 0.255 e. The van der Waals surface area contributed by atoms with Crippen LogP contribution in [-0.2, 0) is 4.74 Å². The van der Waals surface area contributed by atoms with Gasteiger partial charge in [-0.3, -0.25) is 4.79 Å². The first kappa shape index (κ1) is 15.5. The molecule has 0 atom stereocenters. The second-order valence-corrected chi connectivity index (χ2v) is 5.42. The highest BCUT2D eigenvalue weighted by atomic mass is 79.9. The zero-order valence-corrected chi connectivity index (χ0v) is 13.1. The van der Waals surface area contributed by atoms with Crippen molar-refractivity contribution in [3.8, 4) is 0 Å². The minimum Gasteiger partial charge on any atom is -0.383 e. The molecule has 18 heavy (non-hydrogen) atoms. The van der Waals surface area contributed by atoms with E-state index in [1.54, 1.807) is 24.1 Å². The van der Waals surface area contributed by atoms with E-state index in [9.17, 15) is 4.79 Å². The second-order valence-electron chi connectivity index (χ2n) is 4.19. The van der Waals surface area contributed by atoms with Crippen molar-refractivity contribution in [1.29, 1.82) is 0 Å². The molecule has 3 nitrogen and oxygen atoms in total. The van der Waals surface area contributed by atoms with Crippen LogP contribution in [0.4, 0.5) is 0 Å². The number of benzene rings is 1. The van der Waals surface area contributed by atoms with Crippen molar-refractivity contribution in [1.82, 2.24) is 4.90 Å². The zero-order valence-electron chi connectivity index (χ0n) is 10.7. The molecule has 0 fully saturated rings. The Labute approximate surface area is 121 Å². The molecule has 0 aromatic heterocycles. The van der Waals surface area contributed by atoms with Crippen molar-refractivity contribution in [2.24, 2.45) is 0 Å². The van der Waals surface area contributed by atoms with Crippen molar-refractivity contribution < 1.29 is 9.53 Å². The lowest BCUT2D eigenvalue weighted by Crippen LogP contribution is -2.39. The molecule has 0 saturated heterocycles. The summed E-state index contributed by atoms with van der Waals surface area (Å²) in [4.78, 5) is 14.2. The van der Waals surface area contributed by atoms with Gasteiger partial charge in [0.15, 0.2) is 0 Å². The summed E-state index contributed by atoms with van der Waals surface area (Å²) in [5.74, 6) is -0.0756. The third kappa shape index (κ3) is 3.70. The van der Waals surface area contributed by atoms with E-state index in [4.69, 9.17) is 16.3 Å². The second kappa shape index (κ2) is 7.12. The molecule has 5 heteroatoms. The Bertz CT molecular complexity index is 423. The number of amides is 1. The lowest BCUT2D eigenvalue weighted by atomic mass is 10.1. The number of rotatable bonds is 5. The highest BCUT2D eigenvalue weighted by molar-refractivity contribution is 9.10. The van der Waals surface area contributed by atoms with Gasteiger partial charge in [0.2, 0.25) is 0 Å². The van der Waals surface area contributed by atoms with Crippen molar-refractivity contribution in [3.63, 3.8) is 0 Å². The van der Waals surface area contributed by atoms with E-state index in [0.29, 0.717) is 23.7 Å². The molecule has 100 valence electrons. The molecule has 1 rings (SSSR count). The maximum atomic E-state index is 12.4. The predicted molar refractivity (Wildman–Crippen MR) is 77.2 cm³/mol. The van der Waals surface area contributed by atoms with Crippen LogP contribution < -0.4 is 0 Å². The van der Waals surface area contributed by atoms with Crippen LogP contribution in [0.3, 0.4) is 0 Å². The summed E-state index contributed by atoms with van der Waals surface area (Å²) >= 11 is 9.47. The lowest BCUT2D eigenvalue weighted by molar-refractivity contribution is 0.0635. The minimum absolute atomic E-state index is 0.0756. The predicted octanol–water partition coefficient (Wildman–Crippen LogP) is 3.60. The Morgan fingerprint density at radius 3 is 2.72 bits per heavy atom. The van der Waals surface area contributed by atoms with E-state index in [-0.39, 0.29) is 11.9 Å². The number of methoxy groups -OCH3 is 1. The minimum atomic E-state index is -0.0756. The van der Waals surface area contributed by atoms with Gasteiger partial charge in [0.25, 0.3) is 5.91 Å². The SMILES string of the molecule is COCCN(C(=O)c1cccc(Br)c1Cl)C(C)C. The molecule has 0 N–H and O–H groups in total. The van der Waals surface area contributed by atoms with Crippen LogP contribution in [0.25, 0.3) is 0 Å². The number of halogens is 2. The average molecular weight is 335 g/mol. The van der Waals surface area contributed by atoms with Crippen LogP contribution in [0.15, 0.2) is 22.7 Å². The maximum absolute atomic E-state index is 12.4. The number of nitrogens with zero attached hydrogens (tertiary/aromatic N) is 1. The third-order valence-corrected chi connectivity index (χ3v) is 3.90. The number of ether oxygens (including phenoxy) is 1. The Morgan fingerprint density at radius 2 is 2.17 bits per heavy atom. The lowest BCUT2D eigenvalue weighted by Gasteiger charge is -2.27. The van der Waals surface area contributed by atoms with E-state index < -0.39 is 0 Å². The highest BCUT2D eigenvalue weighted by Gasteiger charge is 2.21. The van der Waals surface area contributed by atoms with Gasteiger partial charge in [0.05, 0.1) is 17.2 Å². The molecule has 0 spiro atoms. The van der Waals surface area contributed by atoms with Crippen LogP contribution in [0, 0.1) is 0 Å². The molecule has 0 radical (unpaired) electrons. The maximum Gasteiger partial charge on any atom is 0.255 e. The van der Waals surface area contributed by atoms with E-state index in [2.05, 4.69) is 15.9 Å². The fraction of sp³-hybridized carbons (Fsp3) is 0.462. The summed E-state index contributed by atoms with van der Waals surface area (Å²) in [6.45, 7) is 5.00. The first-order chi connectivity index (χ1) is 8.49. The molecular weight excluding hydrogens is 318 g/mol. The summed E-state index contributed by atoms with van der Waals surface area (Å²) in [5, 5.41) is 0.450. The quantitative estimate of drug-likeness (QED) is 0.823. The number of hydrogen-bond donors (Lipinski definition) is 0. The Morgan fingerprint density at radius 1 is 1.50 bits per heavy atom. The van der Waals surface area contributed by atoms with E-state index in [1.807, 2.05) is 19.9 Å². The summed E-state index contributed by atoms with van der Waals surface area (Å²) in [6, 6.07) is 5.45. The van der Waals surface area contributed by atoms with Crippen molar-refractivity contribution >= 4 is 33.4 Å². The van der Waals surface area contributed by atoms with Gasteiger partial charge in [-0.15, -0.1) is 0 Å². The number of hydrogen-bond acceptors (Lipinski definition) is 2. The van der Waals surface area contributed by atoms with Gasteiger partial charge in [-0.1, -0.05) is 17.7 Å². The third-order valence-electron chi connectivity index (χ3n) is 2.60. The van der Waals surface area contributed by atoms with Gasteiger partial charge in [-0.25, -0.2) is 0 Å². The Hall–Kier alpha value is -0.580. The molecule has 0 aliphatic carbocycles. The van der Waals surface area contributed by atoms with Crippen molar-refractivity contribution in [2.75, 3.05) is 20.3 Å². The van der Waals surface area contributed by atoms with Gasteiger partial charge >= 0.3 is 0 Å². The molecule has 0 saturated carbocycles. The Balaban J connectivity index is 2.98. The average Bonchev–Trinajstić information content (AvgIpc) is 2.32. The molecule has 1 aromatic carbocycles. The topological polar surface area (TPSA) is 29.5 Å². The van der Waals surface area contributed by atoms with Crippen LogP contribution in [0.1, 0.15) is 24.2 Å². The van der Waals surface area contributed by atoms with Crippen LogP contribution in [0.5, 0.6) is 0 Å².